The van der Waals surface area contributed by atoms with E-state index in [2.05, 4.69) is 26.1 Å². The number of methoxy groups -OCH3 is 1. The van der Waals surface area contributed by atoms with Gasteiger partial charge >= 0.3 is 0 Å². The Morgan fingerprint density at radius 2 is 1.81 bits per heavy atom. The summed E-state index contributed by atoms with van der Waals surface area (Å²) in [7, 11) is 1.78. The summed E-state index contributed by atoms with van der Waals surface area (Å²) in [6.07, 6.45) is 7.41. The summed E-state index contributed by atoms with van der Waals surface area (Å²) in [4.78, 5) is 0. The van der Waals surface area contributed by atoms with Crippen LogP contribution in [0.2, 0.25) is 0 Å². The Hall–Kier alpha value is -0.0800. The first kappa shape index (κ1) is 14.0. The van der Waals surface area contributed by atoms with Crippen molar-refractivity contribution in [3.63, 3.8) is 0 Å². The monoisotopic (exact) mass is 227 g/mol. The van der Waals surface area contributed by atoms with E-state index in [1.165, 1.54) is 32.1 Å². The first-order valence-corrected chi connectivity index (χ1v) is 6.89. The Morgan fingerprint density at radius 3 is 2.38 bits per heavy atom. The molecule has 2 unspecified atom stereocenters. The lowest BCUT2D eigenvalue weighted by Crippen LogP contribution is -2.37. The second-order valence-corrected chi connectivity index (χ2v) is 5.60. The molecule has 1 fully saturated rings. The lowest BCUT2D eigenvalue weighted by molar-refractivity contribution is 0.0879. The van der Waals surface area contributed by atoms with Gasteiger partial charge < -0.3 is 10.1 Å². The van der Waals surface area contributed by atoms with Crippen LogP contribution < -0.4 is 5.32 Å². The van der Waals surface area contributed by atoms with E-state index < -0.39 is 0 Å². The van der Waals surface area contributed by atoms with Gasteiger partial charge in [-0.25, -0.2) is 0 Å². The first-order chi connectivity index (χ1) is 7.63. The Bertz CT molecular complexity index is 176. The van der Waals surface area contributed by atoms with E-state index in [4.69, 9.17) is 4.74 Å². The number of hydrogen-bond acceptors (Lipinski definition) is 2. The van der Waals surface area contributed by atoms with Gasteiger partial charge in [0.2, 0.25) is 0 Å². The van der Waals surface area contributed by atoms with Crippen molar-refractivity contribution >= 4 is 0 Å². The molecule has 1 N–H and O–H groups in total. The fourth-order valence-electron chi connectivity index (χ4n) is 2.50. The first-order valence-electron chi connectivity index (χ1n) is 6.89. The molecular weight excluding hydrogens is 198 g/mol. The molecule has 0 amide bonds. The third kappa shape index (κ3) is 4.84. The summed E-state index contributed by atoms with van der Waals surface area (Å²) in [5.74, 6) is 1.94. The number of nitrogens with one attached hydrogen (secondary N) is 1. The minimum absolute atomic E-state index is 0.311. The highest BCUT2D eigenvalue weighted by atomic mass is 16.5. The molecule has 0 spiro atoms. The number of hydrogen-bond donors (Lipinski definition) is 1. The third-order valence-electron chi connectivity index (χ3n) is 4.23. The van der Waals surface area contributed by atoms with E-state index in [0.717, 1.165) is 18.4 Å². The molecule has 0 aromatic heterocycles. The summed E-state index contributed by atoms with van der Waals surface area (Å²) in [5, 5.41) is 3.57. The summed E-state index contributed by atoms with van der Waals surface area (Å²) < 4.78 is 5.31. The zero-order chi connectivity index (χ0) is 12.0. The van der Waals surface area contributed by atoms with Crippen molar-refractivity contribution in [1.82, 2.24) is 5.32 Å². The van der Waals surface area contributed by atoms with Gasteiger partial charge in [-0.05, 0) is 38.6 Å². The van der Waals surface area contributed by atoms with Crippen LogP contribution in [0.25, 0.3) is 0 Å². The standard InChI is InChI=1S/C14H29NO/c1-11-5-7-14(8-6-11)9-10-15-12(2)13(3)16-4/h11-15H,5-10H2,1-4H3. The van der Waals surface area contributed by atoms with E-state index in [0.29, 0.717) is 12.1 Å². The van der Waals surface area contributed by atoms with Crippen LogP contribution in [-0.4, -0.2) is 25.8 Å². The fraction of sp³-hybridized carbons (Fsp3) is 1.00. The second-order valence-electron chi connectivity index (χ2n) is 5.60. The van der Waals surface area contributed by atoms with Gasteiger partial charge in [0.05, 0.1) is 6.10 Å². The predicted octanol–water partition coefficient (Wildman–Crippen LogP) is 3.22. The van der Waals surface area contributed by atoms with Crippen LogP contribution in [0.1, 0.15) is 52.9 Å². The van der Waals surface area contributed by atoms with Crippen molar-refractivity contribution in [3.05, 3.63) is 0 Å². The van der Waals surface area contributed by atoms with E-state index in [1.807, 2.05) is 0 Å². The highest BCUT2D eigenvalue weighted by Gasteiger charge is 2.18. The zero-order valence-corrected chi connectivity index (χ0v) is 11.5. The highest BCUT2D eigenvalue weighted by molar-refractivity contribution is 4.73. The maximum absolute atomic E-state index is 5.31. The van der Waals surface area contributed by atoms with Gasteiger partial charge in [0, 0.05) is 13.2 Å². The lowest BCUT2D eigenvalue weighted by atomic mass is 9.81. The van der Waals surface area contributed by atoms with Crippen LogP contribution in [0.3, 0.4) is 0 Å². The van der Waals surface area contributed by atoms with Crippen LogP contribution in [-0.2, 0) is 4.74 Å². The Kier molecular flexibility index (Phi) is 6.37. The van der Waals surface area contributed by atoms with E-state index in [1.54, 1.807) is 7.11 Å². The molecule has 2 heteroatoms. The van der Waals surface area contributed by atoms with Gasteiger partial charge in [-0.15, -0.1) is 0 Å². The van der Waals surface area contributed by atoms with Gasteiger partial charge in [0.15, 0.2) is 0 Å². The van der Waals surface area contributed by atoms with Crippen LogP contribution in [0.15, 0.2) is 0 Å². The van der Waals surface area contributed by atoms with Crippen molar-refractivity contribution in [2.75, 3.05) is 13.7 Å². The molecular formula is C14H29NO. The average molecular weight is 227 g/mol. The topological polar surface area (TPSA) is 21.3 Å². The smallest absolute Gasteiger partial charge is 0.0693 e. The molecule has 1 aliphatic carbocycles. The van der Waals surface area contributed by atoms with Crippen molar-refractivity contribution in [2.45, 2.75) is 65.0 Å². The molecule has 1 aliphatic rings. The Balaban J connectivity index is 2.06. The molecule has 0 heterocycles. The molecule has 0 aliphatic heterocycles. The molecule has 1 rings (SSSR count). The van der Waals surface area contributed by atoms with Crippen molar-refractivity contribution in [3.8, 4) is 0 Å². The fourth-order valence-corrected chi connectivity index (χ4v) is 2.50. The van der Waals surface area contributed by atoms with E-state index in [-0.39, 0.29) is 0 Å². The van der Waals surface area contributed by atoms with Crippen molar-refractivity contribution < 1.29 is 4.74 Å². The van der Waals surface area contributed by atoms with Gasteiger partial charge in [-0.2, -0.15) is 0 Å². The van der Waals surface area contributed by atoms with Gasteiger partial charge in [-0.1, -0.05) is 32.6 Å². The van der Waals surface area contributed by atoms with Crippen LogP contribution >= 0.6 is 0 Å². The molecule has 96 valence electrons. The quantitative estimate of drug-likeness (QED) is 0.752. The summed E-state index contributed by atoms with van der Waals surface area (Å²) in [6, 6.07) is 0.465. The molecule has 0 aromatic rings. The van der Waals surface area contributed by atoms with Gasteiger partial charge in [0.25, 0.3) is 0 Å². The minimum atomic E-state index is 0.311. The zero-order valence-electron chi connectivity index (χ0n) is 11.5. The predicted molar refractivity (Wildman–Crippen MR) is 69.7 cm³/mol. The molecule has 2 nitrogen and oxygen atoms in total. The molecule has 1 saturated carbocycles. The third-order valence-corrected chi connectivity index (χ3v) is 4.23. The van der Waals surface area contributed by atoms with Crippen LogP contribution in [0, 0.1) is 11.8 Å². The van der Waals surface area contributed by atoms with Gasteiger partial charge in [-0.3, -0.25) is 0 Å². The van der Waals surface area contributed by atoms with Gasteiger partial charge in [0.1, 0.15) is 0 Å². The summed E-state index contributed by atoms with van der Waals surface area (Å²) in [6.45, 7) is 7.86. The normalized spacial score (nSPS) is 30.0. The Morgan fingerprint density at radius 1 is 1.19 bits per heavy atom. The SMILES string of the molecule is COC(C)C(C)NCCC1CCC(C)CC1. The largest absolute Gasteiger partial charge is 0.380 e. The Labute approximate surface area is 101 Å². The van der Waals surface area contributed by atoms with Crippen LogP contribution in [0.5, 0.6) is 0 Å². The summed E-state index contributed by atoms with van der Waals surface area (Å²) >= 11 is 0. The highest BCUT2D eigenvalue weighted by Crippen LogP contribution is 2.29. The van der Waals surface area contributed by atoms with Crippen molar-refractivity contribution in [1.29, 1.82) is 0 Å². The molecule has 0 bridgehead atoms. The lowest BCUT2D eigenvalue weighted by Gasteiger charge is -2.27. The molecule has 2 atom stereocenters. The van der Waals surface area contributed by atoms with Crippen molar-refractivity contribution in [2.24, 2.45) is 11.8 Å². The summed E-state index contributed by atoms with van der Waals surface area (Å²) in [5.41, 5.74) is 0. The van der Waals surface area contributed by atoms with Crippen LogP contribution in [0.4, 0.5) is 0 Å². The molecule has 0 aromatic carbocycles. The average Bonchev–Trinajstić information content (AvgIpc) is 2.30. The minimum Gasteiger partial charge on any atom is -0.380 e. The maximum atomic E-state index is 5.31. The number of ether oxygens (including phenoxy) is 1. The maximum Gasteiger partial charge on any atom is 0.0693 e. The second kappa shape index (κ2) is 7.29. The number of rotatable bonds is 6. The molecule has 16 heavy (non-hydrogen) atoms. The van der Waals surface area contributed by atoms with E-state index in [9.17, 15) is 0 Å². The molecule has 0 saturated heterocycles. The van der Waals surface area contributed by atoms with E-state index >= 15 is 0 Å². The molecule has 0 radical (unpaired) electrons.